The van der Waals surface area contributed by atoms with E-state index < -0.39 is 0 Å². The molecule has 0 radical (unpaired) electrons. The van der Waals surface area contributed by atoms with Crippen LogP contribution < -0.4 is 5.32 Å². The lowest BCUT2D eigenvalue weighted by Gasteiger charge is -2.19. The van der Waals surface area contributed by atoms with Crippen molar-refractivity contribution in [3.63, 3.8) is 0 Å². The van der Waals surface area contributed by atoms with Gasteiger partial charge in [-0.3, -0.25) is 4.79 Å². The Morgan fingerprint density at radius 2 is 2.16 bits per heavy atom. The van der Waals surface area contributed by atoms with Crippen LogP contribution in [0.15, 0.2) is 16.5 Å². The van der Waals surface area contributed by atoms with E-state index in [1.165, 1.54) is 6.42 Å². The van der Waals surface area contributed by atoms with E-state index in [0.29, 0.717) is 18.9 Å². The maximum Gasteiger partial charge on any atom is 0.222 e. The van der Waals surface area contributed by atoms with Crippen LogP contribution in [-0.2, 0) is 17.9 Å². The van der Waals surface area contributed by atoms with Crippen LogP contribution in [0, 0.1) is 5.92 Å². The summed E-state index contributed by atoms with van der Waals surface area (Å²) in [6, 6.07) is 3.95. The summed E-state index contributed by atoms with van der Waals surface area (Å²) in [7, 11) is 1.89. The molecule has 1 aliphatic rings. The highest BCUT2D eigenvalue weighted by molar-refractivity contribution is 5.76. The van der Waals surface area contributed by atoms with Gasteiger partial charge in [-0.2, -0.15) is 0 Å². The molecule has 1 N–H and O–H groups in total. The number of furan rings is 1. The Hall–Kier alpha value is -1.29. The Morgan fingerprint density at radius 1 is 1.37 bits per heavy atom. The smallest absolute Gasteiger partial charge is 0.222 e. The van der Waals surface area contributed by atoms with Gasteiger partial charge in [0, 0.05) is 13.0 Å². The van der Waals surface area contributed by atoms with E-state index >= 15 is 0 Å². The first-order chi connectivity index (χ1) is 9.22. The van der Waals surface area contributed by atoms with Crippen LogP contribution in [0.3, 0.4) is 0 Å². The maximum atomic E-state index is 12.1. The Bertz CT molecular complexity index is 414. The van der Waals surface area contributed by atoms with Gasteiger partial charge in [-0.1, -0.05) is 13.3 Å². The number of carbonyl (C=O) groups excluding carboxylic acids is 1. The average Bonchev–Trinajstić information content (AvgIpc) is 2.76. The standard InChI is InChI=1S/C15H24N2O2/c1-3-12-4-7-15(18)17(9-8-12)11-14-6-5-13(19-14)10-16-2/h5-6,12,16H,3-4,7-11H2,1-2H3. The lowest BCUT2D eigenvalue weighted by Crippen LogP contribution is -2.29. The summed E-state index contributed by atoms with van der Waals surface area (Å²) in [5.41, 5.74) is 0. The molecule has 1 unspecified atom stereocenters. The third-order valence-electron chi connectivity index (χ3n) is 3.92. The van der Waals surface area contributed by atoms with E-state index in [9.17, 15) is 4.79 Å². The van der Waals surface area contributed by atoms with E-state index in [1.807, 2.05) is 24.1 Å². The van der Waals surface area contributed by atoms with Gasteiger partial charge < -0.3 is 14.6 Å². The summed E-state index contributed by atoms with van der Waals surface area (Å²) >= 11 is 0. The van der Waals surface area contributed by atoms with Gasteiger partial charge in [0.25, 0.3) is 0 Å². The number of likely N-dealkylation sites (tertiary alicyclic amines) is 1. The third-order valence-corrected chi connectivity index (χ3v) is 3.92. The first-order valence-electron chi connectivity index (χ1n) is 7.23. The van der Waals surface area contributed by atoms with Gasteiger partial charge in [0.05, 0.1) is 13.1 Å². The molecule has 19 heavy (non-hydrogen) atoms. The van der Waals surface area contributed by atoms with Crippen molar-refractivity contribution in [2.45, 2.75) is 45.7 Å². The second-order valence-electron chi connectivity index (χ2n) is 5.32. The van der Waals surface area contributed by atoms with Gasteiger partial charge in [-0.05, 0) is 37.9 Å². The van der Waals surface area contributed by atoms with Crippen molar-refractivity contribution >= 4 is 5.91 Å². The van der Waals surface area contributed by atoms with E-state index in [4.69, 9.17) is 4.42 Å². The van der Waals surface area contributed by atoms with Crippen molar-refractivity contribution in [3.8, 4) is 0 Å². The van der Waals surface area contributed by atoms with E-state index in [-0.39, 0.29) is 5.91 Å². The van der Waals surface area contributed by atoms with Crippen LogP contribution in [-0.4, -0.2) is 24.4 Å². The number of rotatable bonds is 5. The van der Waals surface area contributed by atoms with Crippen LogP contribution in [0.4, 0.5) is 0 Å². The quantitative estimate of drug-likeness (QED) is 0.889. The minimum absolute atomic E-state index is 0.266. The fourth-order valence-electron chi connectivity index (χ4n) is 2.63. The highest BCUT2D eigenvalue weighted by atomic mass is 16.3. The van der Waals surface area contributed by atoms with E-state index in [2.05, 4.69) is 12.2 Å². The molecule has 2 heterocycles. The molecule has 1 saturated heterocycles. The number of hydrogen-bond acceptors (Lipinski definition) is 3. The number of amides is 1. The van der Waals surface area contributed by atoms with Gasteiger partial charge >= 0.3 is 0 Å². The van der Waals surface area contributed by atoms with Crippen LogP contribution in [0.25, 0.3) is 0 Å². The first kappa shape index (κ1) is 14.1. The third kappa shape index (κ3) is 3.83. The number of nitrogens with one attached hydrogen (secondary N) is 1. The molecule has 0 bridgehead atoms. The molecule has 1 atom stereocenters. The predicted octanol–water partition coefficient (Wildman–Crippen LogP) is 2.54. The van der Waals surface area contributed by atoms with Crippen molar-refractivity contribution < 1.29 is 9.21 Å². The lowest BCUT2D eigenvalue weighted by atomic mass is 9.98. The van der Waals surface area contributed by atoms with Gasteiger partial charge in [-0.25, -0.2) is 0 Å². The zero-order valence-corrected chi connectivity index (χ0v) is 11.9. The first-order valence-corrected chi connectivity index (χ1v) is 7.23. The highest BCUT2D eigenvalue weighted by Crippen LogP contribution is 2.22. The Balaban J connectivity index is 1.94. The van der Waals surface area contributed by atoms with Crippen molar-refractivity contribution in [2.24, 2.45) is 5.92 Å². The van der Waals surface area contributed by atoms with Gasteiger partial charge in [0.2, 0.25) is 5.91 Å². The molecule has 1 aliphatic heterocycles. The summed E-state index contributed by atoms with van der Waals surface area (Å²) < 4.78 is 5.71. The summed E-state index contributed by atoms with van der Waals surface area (Å²) in [5.74, 6) is 2.77. The molecular formula is C15H24N2O2. The second-order valence-corrected chi connectivity index (χ2v) is 5.32. The Morgan fingerprint density at radius 3 is 2.89 bits per heavy atom. The van der Waals surface area contributed by atoms with Crippen molar-refractivity contribution in [1.82, 2.24) is 10.2 Å². The second kappa shape index (κ2) is 6.75. The fourth-order valence-corrected chi connectivity index (χ4v) is 2.63. The summed E-state index contributed by atoms with van der Waals surface area (Å²) in [5, 5.41) is 3.06. The Labute approximate surface area is 115 Å². The molecule has 1 amide bonds. The molecule has 4 nitrogen and oxygen atoms in total. The molecule has 0 spiro atoms. The van der Waals surface area contributed by atoms with Gasteiger partial charge in [0.1, 0.15) is 11.5 Å². The largest absolute Gasteiger partial charge is 0.463 e. The minimum atomic E-state index is 0.266. The summed E-state index contributed by atoms with van der Waals surface area (Å²) in [6.45, 7) is 4.41. The van der Waals surface area contributed by atoms with Crippen LogP contribution in [0.5, 0.6) is 0 Å². The summed E-state index contributed by atoms with van der Waals surface area (Å²) in [4.78, 5) is 14.0. The molecule has 4 heteroatoms. The normalized spacial score (nSPS) is 20.6. The van der Waals surface area contributed by atoms with Crippen molar-refractivity contribution in [3.05, 3.63) is 23.7 Å². The molecule has 106 valence electrons. The number of carbonyl (C=O) groups is 1. The molecule has 0 aliphatic carbocycles. The summed E-state index contributed by atoms with van der Waals surface area (Å²) in [6.07, 6.45) is 4.01. The highest BCUT2D eigenvalue weighted by Gasteiger charge is 2.22. The zero-order chi connectivity index (χ0) is 13.7. The molecule has 0 saturated carbocycles. The molecular weight excluding hydrogens is 240 g/mol. The molecule has 1 aromatic heterocycles. The Kier molecular flexibility index (Phi) is 5.02. The predicted molar refractivity (Wildman–Crippen MR) is 74.5 cm³/mol. The van der Waals surface area contributed by atoms with Gasteiger partial charge in [-0.15, -0.1) is 0 Å². The zero-order valence-electron chi connectivity index (χ0n) is 11.9. The maximum absolute atomic E-state index is 12.1. The molecule has 2 rings (SSSR count). The molecule has 1 fully saturated rings. The van der Waals surface area contributed by atoms with Crippen LogP contribution in [0.1, 0.15) is 44.1 Å². The molecule has 1 aromatic rings. The number of nitrogens with zero attached hydrogens (tertiary/aromatic N) is 1. The fraction of sp³-hybridized carbons (Fsp3) is 0.667. The van der Waals surface area contributed by atoms with E-state index in [1.54, 1.807) is 0 Å². The minimum Gasteiger partial charge on any atom is -0.463 e. The monoisotopic (exact) mass is 264 g/mol. The van der Waals surface area contributed by atoms with Crippen molar-refractivity contribution in [2.75, 3.05) is 13.6 Å². The van der Waals surface area contributed by atoms with Crippen LogP contribution >= 0.6 is 0 Å². The lowest BCUT2D eigenvalue weighted by molar-refractivity contribution is -0.131. The SMILES string of the molecule is CCC1CCC(=O)N(Cc2ccc(CNC)o2)CC1. The van der Waals surface area contributed by atoms with Crippen molar-refractivity contribution in [1.29, 1.82) is 0 Å². The molecule has 0 aromatic carbocycles. The number of hydrogen-bond donors (Lipinski definition) is 1. The van der Waals surface area contributed by atoms with Gasteiger partial charge in [0.15, 0.2) is 0 Å². The van der Waals surface area contributed by atoms with Crippen LogP contribution in [0.2, 0.25) is 0 Å². The average molecular weight is 264 g/mol. The topological polar surface area (TPSA) is 45.5 Å². The van der Waals surface area contributed by atoms with E-state index in [0.717, 1.165) is 37.5 Å².